The van der Waals surface area contributed by atoms with Crippen molar-refractivity contribution in [3.05, 3.63) is 35.1 Å². The molecule has 0 unspecified atom stereocenters. The monoisotopic (exact) mass is 288 g/mol. The van der Waals surface area contributed by atoms with Crippen LogP contribution in [-0.4, -0.2) is 52.8 Å². The van der Waals surface area contributed by atoms with Crippen LogP contribution < -0.4 is 5.56 Å². The Morgan fingerprint density at radius 3 is 3.24 bits per heavy atom. The lowest BCUT2D eigenvalue weighted by atomic mass is 10.1. The molecule has 1 aliphatic rings. The molecular formula is C15H20N4O2. The van der Waals surface area contributed by atoms with E-state index < -0.39 is 0 Å². The van der Waals surface area contributed by atoms with Crippen LogP contribution in [0.1, 0.15) is 6.42 Å². The second kappa shape index (κ2) is 6.32. The SMILES string of the molecule is COCCN1CC[C@@H](Cn2cnc3cnccc3c2=O)C1. The molecule has 21 heavy (non-hydrogen) atoms. The topological polar surface area (TPSA) is 60.2 Å². The van der Waals surface area contributed by atoms with Crippen molar-refractivity contribution in [2.45, 2.75) is 13.0 Å². The molecule has 6 nitrogen and oxygen atoms in total. The molecule has 1 aliphatic heterocycles. The smallest absolute Gasteiger partial charge is 0.261 e. The summed E-state index contributed by atoms with van der Waals surface area (Å²) in [5.41, 5.74) is 0.685. The molecule has 0 aromatic carbocycles. The van der Waals surface area contributed by atoms with Crippen LogP contribution in [0.15, 0.2) is 29.6 Å². The number of likely N-dealkylation sites (tertiary alicyclic amines) is 1. The molecule has 0 saturated carbocycles. The van der Waals surface area contributed by atoms with Gasteiger partial charge in [-0.05, 0) is 24.9 Å². The highest BCUT2D eigenvalue weighted by Gasteiger charge is 2.22. The van der Waals surface area contributed by atoms with Crippen molar-refractivity contribution in [1.82, 2.24) is 19.4 Å². The molecule has 0 bridgehead atoms. The lowest BCUT2D eigenvalue weighted by Gasteiger charge is -2.16. The van der Waals surface area contributed by atoms with Crippen molar-refractivity contribution in [3.8, 4) is 0 Å². The lowest BCUT2D eigenvalue weighted by molar-refractivity contribution is 0.158. The molecule has 6 heteroatoms. The zero-order valence-electron chi connectivity index (χ0n) is 12.2. The van der Waals surface area contributed by atoms with Crippen molar-refractivity contribution in [3.63, 3.8) is 0 Å². The minimum Gasteiger partial charge on any atom is -0.383 e. The molecule has 1 fully saturated rings. The Bertz CT molecular complexity index is 670. The van der Waals surface area contributed by atoms with E-state index >= 15 is 0 Å². The quantitative estimate of drug-likeness (QED) is 0.813. The van der Waals surface area contributed by atoms with Crippen molar-refractivity contribution in [1.29, 1.82) is 0 Å². The summed E-state index contributed by atoms with van der Waals surface area (Å²) in [6.45, 7) is 4.55. The van der Waals surface area contributed by atoms with Gasteiger partial charge in [-0.1, -0.05) is 0 Å². The van der Waals surface area contributed by atoms with Crippen molar-refractivity contribution in [2.75, 3.05) is 33.4 Å². The van der Waals surface area contributed by atoms with Gasteiger partial charge in [0.25, 0.3) is 5.56 Å². The Labute approximate surface area is 123 Å². The van der Waals surface area contributed by atoms with Gasteiger partial charge in [0.05, 0.1) is 30.0 Å². The van der Waals surface area contributed by atoms with E-state index in [-0.39, 0.29) is 5.56 Å². The Kier molecular flexibility index (Phi) is 4.26. The third kappa shape index (κ3) is 3.11. The van der Waals surface area contributed by atoms with E-state index in [1.165, 1.54) is 0 Å². The number of fused-ring (bicyclic) bond motifs is 1. The summed E-state index contributed by atoms with van der Waals surface area (Å²) < 4.78 is 6.84. The van der Waals surface area contributed by atoms with E-state index in [1.807, 2.05) is 0 Å². The largest absolute Gasteiger partial charge is 0.383 e. The first kappa shape index (κ1) is 14.2. The zero-order chi connectivity index (χ0) is 14.7. The molecule has 1 saturated heterocycles. The molecule has 1 atom stereocenters. The fourth-order valence-corrected chi connectivity index (χ4v) is 2.90. The Morgan fingerprint density at radius 1 is 1.48 bits per heavy atom. The van der Waals surface area contributed by atoms with Gasteiger partial charge in [-0.25, -0.2) is 4.98 Å². The molecular weight excluding hydrogens is 268 g/mol. The van der Waals surface area contributed by atoms with Gasteiger partial charge in [-0.15, -0.1) is 0 Å². The number of ether oxygens (including phenoxy) is 1. The van der Waals surface area contributed by atoms with Gasteiger partial charge in [0.2, 0.25) is 0 Å². The van der Waals surface area contributed by atoms with Crippen LogP contribution in [0.5, 0.6) is 0 Å². The second-order valence-corrected chi connectivity index (χ2v) is 5.54. The molecule has 0 amide bonds. The molecule has 2 aromatic rings. The minimum absolute atomic E-state index is 0.0257. The molecule has 0 spiro atoms. The van der Waals surface area contributed by atoms with E-state index in [1.54, 1.807) is 36.5 Å². The van der Waals surface area contributed by atoms with Gasteiger partial charge >= 0.3 is 0 Å². The highest BCUT2D eigenvalue weighted by Crippen LogP contribution is 2.17. The summed E-state index contributed by atoms with van der Waals surface area (Å²) in [6.07, 6.45) is 6.02. The fourth-order valence-electron chi connectivity index (χ4n) is 2.90. The summed E-state index contributed by atoms with van der Waals surface area (Å²) in [5, 5.41) is 0.640. The number of rotatable bonds is 5. The van der Waals surface area contributed by atoms with Gasteiger partial charge in [0, 0.05) is 32.9 Å². The predicted molar refractivity (Wildman–Crippen MR) is 80.2 cm³/mol. The second-order valence-electron chi connectivity index (χ2n) is 5.54. The number of methoxy groups -OCH3 is 1. The average Bonchev–Trinajstić information content (AvgIpc) is 2.96. The van der Waals surface area contributed by atoms with Crippen LogP contribution >= 0.6 is 0 Å². The van der Waals surface area contributed by atoms with Crippen LogP contribution in [0.25, 0.3) is 10.9 Å². The maximum Gasteiger partial charge on any atom is 0.261 e. The van der Waals surface area contributed by atoms with Crippen molar-refractivity contribution >= 4 is 10.9 Å². The van der Waals surface area contributed by atoms with E-state index in [9.17, 15) is 4.79 Å². The summed E-state index contributed by atoms with van der Waals surface area (Å²) in [5.74, 6) is 0.501. The molecule has 0 aliphatic carbocycles. The standard InChI is InChI=1S/C15H20N4O2/c1-21-7-6-18-5-3-12(9-18)10-19-11-17-14-8-16-4-2-13(14)15(19)20/h2,4,8,11-12H,3,5-7,9-10H2,1H3/t12-/m1/s1. The zero-order valence-corrected chi connectivity index (χ0v) is 12.2. The van der Waals surface area contributed by atoms with Gasteiger partial charge in [-0.2, -0.15) is 0 Å². The van der Waals surface area contributed by atoms with E-state index in [2.05, 4.69) is 14.9 Å². The fraction of sp³-hybridized carbons (Fsp3) is 0.533. The van der Waals surface area contributed by atoms with Crippen LogP contribution in [0, 0.1) is 5.92 Å². The molecule has 0 N–H and O–H groups in total. The molecule has 3 rings (SSSR count). The van der Waals surface area contributed by atoms with Gasteiger partial charge in [-0.3, -0.25) is 14.3 Å². The Hall–Kier alpha value is -1.79. The maximum absolute atomic E-state index is 12.4. The Balaban J connectivity index is 1.71. The summed E-state index contributed by atoms with van der Waals surface area (Å²) in [6, 6.07) is 1.74. The first-order valence-corrected chi connectivity index (χ1v) is 7.28. The molecule has 2 aromatic heterocycles. The van der Waals surface area contributed by atoms with E-state index in [4.69, 9.17) is 4.74 Å². The van der Waals surface area contributed by atoms with Gasteiger partial charge < -0.3 is 9.64 Å². The number of hydrogen-bond acceptors (Lipinski definition) is 5. The molecule has 0 radical (unpaired) electrons. The maximum atomic E-state index is 12.4. The van der Waals surface area contributed by atoms with E-state index in [0.29, 0.717) is 16.8 Å². The first-order valence-electron chi connectivity index (χ1n) is 7.28. The van der Waals surface area contributed by atoms with Crippen molar-refractivity contribution in [2.24, 2.45) is 5.92 Å². The number of pyridine rings is 1. The van der Waals surface area contributed by atoms with Gasteiger partial charge in [0.15, 0.2) is 0 Å². The third-order valence-electron chi connectivity index (χ3n) is 4.06. The number of hydrogen-bond donors (Lipinski definition) is 0. The van der Waals surface area contributed by atoms with Crippen LogP contribution in [0.2, 0.25) is 0 Å². The highest BCUT2D eigenvalue weighted by molar-refractivity contribution is 5.75. The normalized spacial score (nSPS) is 19.4. The highest BCUT2D eigenvalue weighted by atomic mass is 16.5. The third-order valence-corrected chi connectivity index (χ3v) is 4.06. The number of aromatic nitrogens is 3. The first-order chi connectivity index (χ1) is 10.3. The van der Waals surface area contributed by atoms with Gasteiger partial charge in [0.1, 0.15) is 0 Å². The molecule has 112 valence electrons. The van der Waals surface area contributed by atoms with Crippen LogP contribution in [0.3, 0.4) is 0 Å². The minimum atomic E-state index is 0.0257. The predicted octanol–water partition coefficient (Wildman–Crippen LogP) is 0.760. The Morgan fingerprint density at radius 2 is 2.38 bits per heavy atom. The lowest BCUT2D eigenvalue weighted by Crippen LogP contribution is -2.28. The molecule has 3 heterocycles. The summed E-state index contributed by atoms with van der Waals surface area (Å²) in [4.78, 5) is 23.1. The van der Waals surface area contributed by atoms with E-state index in [0.717, 1.165) is 39.2 Å². The average molecular weight is 288 g/mol. The number of nitrogens with zero attached hydrogens (tertiary/aromatic N) is 4. The van der Waals surface area contributed by atoms with Crippen LogP contribution in [-0.2, 0) is 11.3 Å². The van der Waals surface area contributed by atoms with Crippen molar-refractivity contribution < 1.29 is 4.74 Å². The summed E-state index contributed by atoms with van der Waals surface area (Å²) in [7, 11) is 1.72. The summed E-state index contributed by atoms with van der Waals surface area (Å²) >= 11 is 0. The van der Waals surface area contributed by atoms with Crippen LogP contribution in [0.4, 0.5) is 0 Å².